The van der Waals surface area contributed by atoms with Gasteiger partial charge in [-0.25, -0.2) is 0 Å². The number of hydrogen-bond acceptors (Lipinski definition) is 0. The second-order valence-electron chi connectivity index (χ2n) is 9.74. The van der Waals surface area contributed by atoms with Crippen LogP contribution in [0.25, 0.3) is 0 Å². The minimum atomic E-state index is 0.713. The molecule has 4 rings (SSSR count). The van der Waals surface area contributed by atoms with Gasteiger partial charge in [0.2, 0.25) is 0 Å². The van der Waals surface area contributed by atoms with Crippen molar-refractivity contribution in [2.75, 3.05) is 0 Å². The van der Waals surface area contributed by atoms with Gasteiger partial charge in [0.05, 0.1) is 0 Å². The zero-order chi connectivity index (χ0) is 14.6. The fourth-order valence-corrected chi connectivity index (χ4v) is 7.69. The molecule has 8 atom stereocenters. The van der Waals surface area contributed by atoms with Crippen molar-refractivity contribution in [2.24, 2.45) is 46.8 Å². The van der Waals surface area contributed by atoms with Crippen LogP contribution in [0.15, 0.2) is 0 Å². The van der Waals surface area contributed by atoms with E-state index in [-0.39, 0.29) is 0 Å². The summed E-state index contributed by atoms with van der Waals surface area (Å²) in [6.45, 7) is 7.80. The van der Waals surface area contributed by atoms with Crippen molar-refractivity contribution in [2.45, 2.75) is 85.0 Å². The van der Waals surface area contributed by atoms with E-state index in [1.165, 1.54) is 19.3 Å². The smallest absolute Gasteiger partial charge is 0.0266 e. The minimum absolute atomic E-state index is 0.713. The average Bonchev–Trinajstić information content (AvgIpc) is 2.76. The van der Waals surface area contributed by atoms with Gasteiger partial charge in [-0.1, -0.05) is 40.0 Å². The maximum Gasteiger partial charge on any atom is -0.0266 e. The summed E-state index contributed by atoms with van der Waals surface area (Å²) in [5, 5.41) is 0. The van der Waals surface area contributed by atoms with E-state index in [1.54, 1.807) is 44.9 Å². The van der Waals surface area contributed by atoms with E-state index < -0.39 is 0 Å². The molecule has 4 fully saturated rings. The molecule has 0 aliphatic heterocycles. The summed E-state index contributed by atoms with van der Waals surface area (Å²) in [6.07, 6.45) is 15.5. The molecule has 8 unspecified atom stereocenters. The lowest BCUT2D eigenvalue weighted by Gasteiger charge is -2.56. The Balaban J connectivity index is 1.60. The molecular weight excluding hydrogens is 252 g/mol. The predicted octanol–water partition coefficient (Wildman–Crippen LogP) is 6.30. The largest absolute Gasteiger partial charge is 0.0625 e. The van der Waals surface area contributed by atoms with E-state index in [4.69, 9.17) is 0 Å². The number of fused-ring (bicyclic) bond motifs is 5. The molecule has 0 heterocycles. The molecule has 0 aromatic heterocycles. The van der Waals surface area contributed by atoms with E-state index in [1.807, 2.05) is 0 Å². The summed E-state index contributed by atoms with van der Waals surface area (Å²) in [5.41, 5.74) is 0.713. The van der Waals surface area contributed by atoms with Crippen LogP contribution in [0, 0.1) is 46.8 Å². The third-order valence-corrected chi connectivity index (χ3v) is 8.84. The Morgan fingerprint density at radius 2 is 1.52 bits per heavy atom. The monoisotopic (exact) mass is 288 g/mol. The maximum atomic E-state index is 2.73. The second kappa shape index (κ2) is 5.27. The second-order valence-corrected chi connectivity index (χ2v) is 9.74. The minimum Gasteiger partial charge on any atom is -0.0625 e. The number of rotatable bonds is 0. The van der Waals surface area contributed by atoms with Gasteiger partial charge in [0, 0.05) is 0 Å². The summed E-state index contributed by atoms with van der Waals surface area (Å²) in [7, 11) is 0. The molecule has 0 amide bonds. The van der Waals surface area contributed by atoms with E-state index in [2.05, 4.69) is 20.8 Å². The lowest BCUT2D eigenvalue weighted by Crippen LogP contribution is -2.48. The zero-order valence-corrected chi connectivity index (χ0v) is 14.6. The standard InChI is InChI=1S/C21H36/c1-14-5-4-12-21(3)16(13-14)7-9-19-18-8-6-15(2)17(18)10-11-20(19)21/h14-20H,4-13H2,1-3H3. The van der Waals surface area contributed by atoms with Crippen LogP contribution < -0.4 is 0 Å². The van der Waals surface area contributed by atoms with Crippen molar-refractivity contribution in [1.82, 2.24) is 0 Å². The molecule has 4 aliphatic carbocycles. The molecule has 21 heavy (non-hydrogen) atoms. The molecule has 0 spiro atoms. The van der Waals surface area contributed by atoms with Crippen LogP contribution >= 0.6 is 0 Å². The molecular formula is C21H36. The molecule has 120 valence electrons. The maximum absolute atomic E-state index is 2.73. The first kappa shape index (κ1) is 14.6. The Morgan fingerprint density at radius 3 is 2.38 bits per heavy atom. The molecule has 4 saturated carbocycles. The fraction of sp³-hybridized carbons (Fsp3) is 1.00. The van der Waals surface area contributed by atoms with E-state index in [0.29, 0.717) is 5.41 Å². The van der Waals surface area contributed by atoms with Crippen LogP contribution in [-0.2, 0) is 0 Å². The lowest BCUT2D eigenvalue weighted by molar-refractivity contribution is -0.0719. The Labute approximate surface area is 132 Å². The van der Waals surface area contributed by atoms with Gasteiger partial charge in [0.15, 0.2) is 0 Å². The highest BCUT2D eigenvalue weighted by Crippen LogP contribution is 2.63. The van der Waals surface area contributed by atoms with Gasteiger partial charge in [0.1, 0.15) is 0 Å². The van der Waals surface area contributed by atoms with Crippen LogP contribution in [0.1, 0.15) is 85.0 Å². The summed E-state index contributed by atoms with van der Waals surface area (Å²) in [6, 6.07) is 0. The fourth-order valence-electron chi connectivity index (χ4n) is 7.69. The van der Waals surface area contributed by atoms with E-state index >= 15 is 0 Å². The van der Waals surface area contributed by atoms with Gasteiger partial charge in [0.25, 0.3) is 0 Å². The van der Waals surface area contributed by atoms with Crippen molar-refractivity contribution in [3.8, 4) is 0 Å². The average molecular weight is 289 g/mol. The molecule has 0 aromatic rings. The Kier molecular flexibility index (Phi) is 3.66. The van der Waals surface area contributed by atoms with Crippen LogP contribution in [0.2, 0.25) is 0 Å². The quantitative estimate of drug-likeness (QED) is 0.490. The molecule has 0 aromatic carbocycles. The first-order valence-corrected chi connectivity index (χ1v) is 10.1. The summed E-state index contributed by atoms with van der Waals surface area (Å²) in [5.74, 6) is 7.53. The molecule has 0 radical (unpaired) electrons. The Hall–Kier alpha value is 0. The first-order chi connectivity index (χ1) is 10.1. The van der Waals surface area contributed by atoms with Crippen LogP contribution in [-0.4, -0.2) is 0 Å². The predicted molar refractivity (Wildman–Crippen MR) is 90.1 cm³/mol. The van der Waals surface area contributed by atoms with Gasteiger partial charge < -0.3 is 0 Å². The highest BCUT2D eigenvalue weighted by Gasteiger charge is 2.54. The zero-order valence-electron chi connectivity index (χ0n) is 14.6. The highest BCUT2D eigenvalue weighted by atomic mass is 14.6. The lowest BCUT2D eigenvalue weighted by atomic mass is 9.49. The van der Waals surface area contributed by atoms with Crippen LogP contribution in [0.4, 0.5) is 0 Å². The molecule has 0 nitrogen and oxygen atoms in total. The Bertz CT molecular complexity index is 385. The normalized spacial score (nSPS) is 57.0. The first-order valence-electron chi connectivity index (χ1n) is 10.1. The van der Waals surface area contributed by atoms with Gasteiger partial charge >= 0.3 is 0 Å². The third-order valence-electron chi connectivity index (χ3n) is 8.84. The van der Waals surface area contributed by atoms with Crippen molar-refractivity contribution >= 4 is 0 Å². The van der Waals surface area contributed by atoms with Gasteiger partial charge in [-0.3, -0.25) is 0 Å². The van der Waals surface area contributed by atoms with E-state index in [9.17, 15) is 0 Å². The molecule has 0 saturated heterocycles. The van der Waals surface area contributed by atoms with Crippen molar-refractivity contribution < 1.29 is 0 Å². The van der Waals surface area contributed by atoms with E-state index in [0.717, 1.165) is 41.4 Å². The van der Waals surface area contributed by atoms with Crippen molar-refractivity contribution in [3.05, 3.63) is 0 Å². The summed E-state index contributed by atoms with van der Waals surface area (Å²) in [4.78, 5) is 0. The number of hydrogen-bond donors (Lipinski definition) is 0. The van der Waals surface area contributed by atoms with Gasteiger partial charge in [-0.15, -0.1) is 0 Å². The van der Waals surface area contributed by atoms with Gasteiger partial charge in [-0.2, -0.15) is 0 Å². The summed E-state index contributed by atoms with van der Waals surface area (Å²) >= 11 is 0. The SMILES string of the molecule is CC1CCCC2(C)C(CCC3C4CCC(C)C4CCC32)C1. The van der Waals surface area contributed by atoms with Crippen molar-refractivity contribution in [1.29, 1.82) is 0 Å². The topological polar surface area (TPSA) is 0 Å². The Morgan fingerprint density at radius 1 is 0.762 bits per heavy atom. The van der Waals surface area contributed by atoms with Crippen LogP contribution in [0.5, 0.6) is 0 Å². The van der Waals surface area contributed by atoms with Crippen molar-refractivity contribution in [3.63, 3.8) is 0 Å². The molecule has 4 aliphatic rings. The molecule has 0 bridgehead atoms. The molecule has 0 N–H and O–H groups in total. The van der Waals surface area contributed by atoms with Gasteiger partial charge in [-0.05, 0) is 91.8 Å². The molecule has 0 heteroatoms. The highest BCUT2D eigenvalue weighted by molar-refractivity contribution is 5.04. The third kappa shape index (κ3) is 2.22. The summed E-state index contributed by atoms with van der Waals surface area (Å²) < 4.78 is 0. The van der Waals surface area contributed by atoms with Crippen LogP contribution in [0.3, 0.4) is 0 Å².